The van der Waals surface area contributed by atoms with Crippen molar-refractivity contribution >= 4 is 11.7 Å². The average molecular weight is 433 g/mol. The molecule has 1 aliphatic carbocycles. The van der Waals surface area contributed by atoms with Crippen LogP contribution in [0.3, 0.4) is 0 Å². The standard InChI is InChI=1S/C21H19F4N5O/c1-13-27-19(21(23,24)25)29-30(13)10-9-20(14-5-3-2-4-6-14)11-16(20)18(31)28-17-8-7-15(22)12-26-17/h2-8,12,16H,9-11H2,1H3,(H,26,28,31). The van der Waals surface area contributed by atoms with Crippen LogP contribution in [0.15, 0.2) is 48.7 Å². The molecule has 31 heavy (non-hydrogen) atoms. The van der Waals surface area contributed by atoms with Crippen molar-refractivity contribution in [3.63, 3.8) is 0 Å². The van der Waals surface area contributed by atoms with Gasteiger partial charge in [-0.3, -0.25) is 4.79 Å². The Morgan fingerprint density at radius 2 is 1.97 bits per heavy atom. The lowest BCUT2D eigenvalue weighted by atomic mass is 9.89. The molecule has 2 aromatic heterocycles. The molecule has 6 nitrogen and oxygen atoms in total. The molecule has 1 aromatic carbocycles. The van der Waals surface area contributed by atoms with Crippen LogP contribution >= 0.6 is 0 Å². The summed E-state index contributed by atoms with van der Waals surface area (Å²) in [6, 6.07) is 11.9. The lowest BCUT2D eigenvalue weighted by Crippen LogP contribution is -2.23. The minimum absolute atomic E-state index is 0.160. The maximum atomic E-state index is 13.1. The lowest BCUT2D eigenvalue weighted by Gasteiger charge is -2.18. The second-order valence-electron chi connectivity index (χ2n) is 7.58. The Morgan fingerprint density at radius 3 is 2.58 bits per heavy atom. The largest absolute Gasteiger partial charge is 0.453 e. The minimum Gasteiger partial charge on any atom is -0.310 e. The number of carbonyl (C=O) groups is 1. The number of benzene rings is 1. The highest BCUT2D eigenvalue weighted by molar-refractivity contribution is 5.95. The second kappa shape index (κ2) is 7.75. The van der Waals surface area contributed by atoms with Crippen LogP contribution in [-0.2, 0) is 22.9 Å². The number of anilines is 1. The van der Waals surface area contributed by atoms with E-state index in [0.29, 0.717) is 12.8 Å². The van der Waals surface area contributed by atoms with Gasteiger partial charge >= 0.3 is 6.18 Å². The molecule has 1 fully saturated rings. The highest BCUT2D eigenvalue weighted by Gasteiger charge is 2.58. The van der Waals surface area contributed by atoms with Gasteiger partial charge in [-0.1, -0.05) is 30.3 Å². The van der Waals surface area contributed by atoms with Gasteiger partial charge < -0.3 is 5.32 Å². The van der Waals surface area contributed by atoms with Crippen molar-refractivity contribution in [1.82, 2.24) is 19.7 Å². The van der Waals surface area contributed by atoms with Gasteiger partial charge in [-0.2, -0.15) is 13.2 Å². The molecule has 0 saturated heterocycles. The smallest absolute Gasteiger partial charge is 0.310 e. The van der Waals surface area contributed by atoms with Gasteiger partial charge in [0.2, 0.25) is 5.91 Å². The third-order valence-corrected chi connectivity index (χ3v) is 5.60. The van der Waals surface area contributed by atoms with E-state index >= 15 is 0 Å². The van der Waals surface area contributed by atoms with Gasteiger partial charge in [-0.25, -0.2) is 19.0 Å². The molecule has 0 aliphatic heterocycles. The van der Waals surface area contributed by atoms with Crippen molar-refractivity contribution in [2.75, 3.05) is 5.32 Å². The van der Waals surface area contributed by atoms with E-state index in [1.807, 2.05) is 30.3 Å². The molecule has 2 heterocycles. The monoisotopic (exact) mass is 433 g/mol. The number of nitrogens with zero attached hydrogens (tertiary/aromatic N) is 4. The highest BCUT2D eigenvalue weighted by atomic mass is 19.4. The molecule has 10 heteroatoms. The van der Waals surface area contributed by atoms with Gasteiger partial charge in [0.15, 0.2) is 0 Å². The predicted octanol–water partition coefficient (Wildman–Crippen LogP) is 4.13. The van der Waals surface area contributed by atoms with Crippen molar-refractivity contribution in [3.05, 3.63) is 71.7 Å². The number of aryl methyl sites for hydroxylation is 2. The Morgan fingerprint density at radius 1 is 1.23 bits per heavy atom. The summed E-state index contributed by atoms with van der Waals surface area (Å²) in [7, 11) is 0. The van der Waals surface area contributed by atoms with Gasteiger partial charge in [0.05, 0.1) is 6.20 Å². The zero-order valence-corrected chi connectivity index (χ0v) is 16.5. The van der Waals surface area contributed by atoms with E-state index in [4.69, 9.17) is 0 Å². The van der Waals surface area contributed by atoms with E-state index in [1.165, 1.54) is 23.7 Å². The van der Waals surface area contributed by atoms with E-state index in [9.17, 15) is 22.4 Å². The van der Waals surface area contributed by atoms with Crippen LogP contribution in [0.2, 0.25) is 0 Å². The lowest BCUT2D eigenvalue weighted by molar-refractivity contribution is -0.145. The summed E-state index contributed by atoms with van der Waals surface area (Å²) in [6.45, 7) is 1.65. The van der Waals surface area contributed by atoms with Crippen LogP contribution in [0.5, 0.6) is 0 Å². The van der Waals surface area contributed by atoms with E-state index in [0.717, 1.165) is 11.8 Å². The number of nitrogens with one attached hydrogen (secondary N) is 1. The second-order valence-corrected chi connectivity index (χ2v) is 7.58. The number of alkyl halides is 3. The highest BCUT2D eigenvalue weighted by Crippen LogP contribution is 2.57. The van der Waals surface area contributed by atoms with Crippen LogP contribution < -0.4 is 5.32 Å². The SMILES string of the molecule is Cc1nc(C(F)(F)F)nn1CCC1(c2ccccc2)CC1C(=O)Nc1ccc(F)cn1. The zero-order chi connectivity index (χ0) is 22.2. The van der Waals surface area contributed by atoms with Crippen molar-refractivity contribution < 1.29 is 22.4 Å². The molecule has 0 spiro atoms. The molecule has 3 aromatic rings. The Labute approximate surface area is 175 Å². The van der Waals surface area contributed by atoms with Crippen LogP contribution in [-0.4, -0.2) is 25.7 Å². The van der Waals surface area contributed by atoms with E-state index in [-0.39, 0.29) is 24.1 Å². The first kappa shape index (κ1) is 21.0. The molecular formula is C21H19F4N5O. The molecule has 2 atom stereocenters. The van der Waals surface area contributed by atoms with E-state index in [2.05, 4.69) is 20.4 Å². The number of pyridine rings is 1. The fourth-order valence-corrected chi connectivity index (χ4v) is 3.88. The minimum atomic E-state index is -4.61. The summed E-state index contributed by atoms with van der Waals surface area (Å²) in [5.74, 6) is -1.95. The quantitative estimate of drug-likeness (QED) is 0.594. The summed E-state index contributed by atoms with van der Waals surface area (Å²) in [5.41, 5.74) is 0.387. The molecule has 162 valence electrons. The number of rotatable bonds is 6. The third-order valence-electron chi connectivity index (χ3n) is 5.60. The van der Waals surface area contributed by atoms with Crippen molar-refractivity contribution in [2.24, 2.45) is 5.92 Å². The molecule has 0 radical (unpaired) electrons. The van der Waals surface area contributed by atoms with E-state index < -0.39 is 29.2 Å². The first-order valence-corrected chi connectivity index (χ1v) is 9.66. The first-order valence-electron chi connectivity index (χ1n) is 9.66. The molecule has 1 saturated carbocycles. The summed E-state index contributed by atoms with van der Waals surface area (Å²) >= 11 is 0. The normalized spacial score (nSPS) is 20.5. The molecule has 1 amide bonds. The first-order chi connectivity index (χ1) is 14.7. The zero-order valence-electron chi connectivity index (χ0n) is 16.5. The topological polar surface area (TPSA) is 72.7 Å². The number of amides is 1. The molecule has 0 bridgehead atoms. The van der Waals surface area contributed by atoms with Crippen molar-refractivity contribution in [1.29, 1.82) is 0 Å². The fraction of sp³-hybridized carbons (Fsp3) is 0.333. The number of aromatic nitrogens is 4. The molecule has 1 N–H and O–H groups in total. The van der Waals surface area contributed by atoms with Gasteiger partial charge in [0.25, 0.3) is 5.82 Å². The number of hydrogen-bond donors (Lipinski definition) is 1. The van der Waals surface area contributed by atoms with Gasteiger partial charge in [0, 0.05) is 17.9 Å². The summed E-state index contributed by atoms with van der Waals surface area (Å²) in [4.78, 5) is 20.2. The fourth-order valence-electron chi connectivity index (χ4n) is 3.88. The molecule has 4 rings (SSSR count). The summed E-state index contributed by atoms with van der Waals surface area (Å²) in [6.07, 6.45) is -2.66. The van der Waals surface area contributed by atoms with Crippen molar-refractivity contribution in [3.8, 4) is 0 Å². The van der Waals surface area contributed by atoms with Crippen LogP contribution in [0.4, 0.5) is 23.4 Å². The number of halogens is 4. The molecule has 1 aliphatic rings. The Kier molecular flexibility index (Phi) is 5.24. The molecule has 2 unspecified atom stereocenters. The van der Waals surface area contributed by atoms with Crippen LogP contribution in [0.1, 0.15) is 30.1 Å². The Hall–Kier alpha value is -3.30. The van der Waals surface area contributed by atoms with Gasteiger partial charge in [0.1, 0.15) is 17.5 Å². The number of carbonyl (C=O) groups excluding carboxylic acids is 1. The maximum absolute atomic E-state index is 13.1. The average Bonchev–Trinajstić information content (AvgIpc) is 3.36. The third kappa shape index (κ3) is 4.28. The maximum Gasteiger partial charge on any atom is 0.453 e. The Balaban J connectivity index is 1.53. The van der Waals surface area contributed by atoms with Crippen LogP contribution in [0, 0.1) is 18.7 Å². The predicted molar refractivity (Wildman–Crippen MR) is 103 cm³/mol. The summed E-state index contributed by atoms with van der Waals surface area (Å²) < 4.78 is 53.0. The van der Waals surface area contributed by atoms with E-state index in [1.54, 1.807) is 0 Å². The van der Waals surface area contributed by atoms with Crippen molar-refractivity contribution in [2.45, 2.75) is 37.9 Å². The van der Waals surface area contributed by atoms with Gasteiger partial charge in [-0.05, 0) is 37.5 Å². The Bertz CT molecular complexity index is 1080. The summed E-state index contributed by atoms with van der Waals surface area (Å²) in [5, 5.41) is 6.27. The molecular weight excluding hydrogens is 414 g/mol. The number of hydrogen-bond acceptors (Lipinski definition) is 4. The van der Waals surface area contributed by atoms with Crippen LogP contribution in [0.25, 0.3) is 0 Å². The van der Waals surface area contributed by atoms with Gasteiger partial charge in [-0.15, -0.1) is 5.10 Å².